The van der Waals surface area contributed by atoms with Gasteiger partial charge in [-0.05, 0) is 37.0 Å². The monoisotopic (exact) mass is 323 g/mol. The minimum Gasteiger partial charge on any atom is -0.304 e. The third-order valence-electron chi connectivity index (χ3n) is 3.89. The molecule has 1 unspecified atom stereocenters. The molecule has 1 aromatic rings. The van der Waals surface area contributed by atoms with Crippen LogP contribution in [0, 0.1) is 19.8 Å². The first-order valence-corrected chi connectivity index (χ1v) is 7.65. The highest BCUT2D eigenvalue weighted by Crippen LogP contribution is 2.34. The standard InChI is InChI=1S/C15H18BrNO2/c1-4-11(7-16)8-17-13-10(3)9(2)5-6-12(13)14(18)15(17)19/h5-6,11H,4,7-8H2,1-3H3. The molecule has 0 N–H and O–H groups in total. The smallest absolute Gasteiger partial charge is 0.299 e. The molecule has 1 amide bonds. The Morgan fingerprint density at radius 1 is 1.26 bits per heavy atom. The quantitative estimate of drug-likeness (QED) is 0.630. The fourth-order valence-corrected chi connectivity index (χ4v) is 3.05. The molecule has 19 heavy (non-hydrogen) atoms. The first kappa shape index (κ1) is 14.3. The normalized spacial score (nSPS) is 15.9. The highest BCUT2D eigenvalue weighted by atomic mass is 79.9. The number of fused-ring (bicyclic) bond motifs is 1. The fraction of sp³-hybridized carbons (Fsp3) is 0.467. The molecule has 1 aromatic carbocycles. The van der Waals surface area contributed by atoms with Crippen molar-refractivity contribution >= 4 is 33.3 Å². The van der Waals surface area contributed by atoms with Gasteiger partial charge in [0, 0.05) is 11.9 Å². The predicted molar refractivity (Wildman–Crippen MR) is 80.2 cm³/mol. The van der Waals surface area contributed by atoms with Gasteiger partial charge in [0.1, 0.15) is 0 Å². The zero-order chi connectivity index (χ0) is 14.2. The van der Waals surface area contributed by atoms with E-state index in [1.54, 1.807) is 11.0 Å². The zero-order valence-electron chi connectivity index (χ0n) is 11.5. The van der Waals surface area contributed by atoms with E-state index < -0.39 is 0 Å². The summed E-state index contributed by atoms with van der Waals surface area (Å²) in [5.74, 6) is -0.395. The fourth-order valence-electron chi connectivity index (χ4n) is 2.39. The Morgan fingerprint density at radius 3 is 2.53 bits per heavy atom. The van der Waals surface area contributed by atoms with Gasteiger partial charge in [-0.15, -0.1) is 0 Å². The van der Waals surface area contributed by atoms with Gasteiger partial charge in [0.05, 0.1) is 11.3 Å². The number of carbonyl (C=O) groups is 2. The number of anilines is 1. The molecule has 4 heteroatoms. The van der Waals surface area contributed by atoms with Crippen LogP contribution in [0.1, 0.15) is 34.8 Å². The van der Waals surface area contributed by atoms with Gasteiger partial charge in [0.25, 0.3) is 11.7 Å². The van der Waals surface area contributed by atoms with Gasteiger partial charge < -0.3 is 4.90 Å². The number of alkyl halides is 1. The van der Waals surface area contributed by atoms with E-state index in [1.807, 2.05) is 19.9 Å². The number of nitrogens with zero attached hydrogens (tertiary/aromatic N) is 1. The van der Waals surface area contributed by atoms with Crippen LogP contribution in [0.2, 0.25) is 0 Å². The molecule has 0 saturated heterocycles. The Kier molecular flexibility index (Phi) is 4.09. The molecule has 0 bridgehead atoms. The van der Waals surface area contributed by atoms with Crippen molar-refractivity contribution in [3.63, 3.8) is 0 Å². The lowest BCUT2D eigenvalue weighted by Crippen LogP contribution is -2.35. The third kappa shape index (κ3) is 2.34. The lowest BCUT2D eigenvalue weighted by molar-refractivity contribution is -0.114. The molecule has 102 valence electrons. The highest BCUT2D eigenvalue weighted by Gasteiger charge is 2.37. The first-order valence-electron chi connectivity index (χ1n) is 6.53. The van der Waals surface area contributed by atoms with Crippen molar-refractivity contribution in [2.45, 2.75) is 27.2 Å². The topological polar surface area (TPSA) is 37.4 Å². The largest absolute Gasteiger partial charge is 0.304 e. The van der Waals surface area contributed by atoms with Gasteiger partial charge in [-0.25, -0.2) is 0 Å². The van der Waals surface area contributed by atoms with Crippen LogP contribution in [0.25, 0.3) is 0 Å². The van der Waals surface area contributed by atoms with Crippen LogP contribution in [0.3, 0.4) is 0 Å². The van der Waals surface area contributed by atoms with Gasteiger partial charge in [0.15, 0.2) is 0 Å². The van der Waals surface area contributed by atoms with Crippen molar-refractivity contribution in [2.75, 3.05) is 16.8 Å². The van der Waals surface area contributed by atoms with Crippen LogP contribution >= 0.6 is 15.9 Å². The SMILES string of the molecule is CCC(CBr)CN1C(=O)C(=O)c2ccc(C)c(C)c21. The number of hydrogen-bond acceptors (Lipinski definition) is 2. The molecule has 0 saturated carbocycles. The summed E-state index contributed by atoms with van der Waals surface area (Å²) in [7, 11) is 0. The van der Waals surface area contributed by atoms with Crippen LogP contribution < -0.4 is 4.90 Å². The van der Waals surface area contributed by atoms with Gasteiger partial charge in [-0.3, -0.25) is 9.59 Å². The summed E-state index contributed by atoms with van der Waals surface area (Å²) in [6, 6.07) is 3.68. The van der Waals surface area contributed by atoms with Crippen LogP contribution in [0.5, 0.6) is 0 Å². The van der Waals surface area contributed by atoms with E-state index in [0.717, 1.165) is 28.6 Å². The second-order valence-electron chi connectivity index (χ2n) is 5.08. The van der Waals surface area contributed by atoms with E-state index in [-0.39, 0.29) is 11.7 Å². The maximum absolute atomic E-state index is 12.2. The molecule has 0 spiro atoms. The molecular weight excluding hydrogens is 306 g/mol. The van der Waals surface area contributed by atoms with Crippen molar-refractivity contribution in [2.24, 2.45) is 5.92 Å². The van der Waals surface area contributed by atoms with Crippen LogP contribution in [0.4, 0.5) is 5.69 Å². The molecule has 1 heterocycles. The minimum atomic E-state index is -0.386. The lowest BCUT2D eigenvalue weighted by Gasteiger charge is -2.23. The van der Waals surface area contributed by atoms with Crippen LogP contribution in [-0.4, -0.2) is 23.6 Å². The molecule has 3 nitrogen and oxygen atoms in total. The molecule has 2 rings (SSSR count). The van der Waals surface area contributed by atoms with E-state index >= 15 is 0 Å². The van der Waals surface area contributed by atoms with Gasteiger partial charge in [0.2, 0.25) is 0 Å². The first-order chi connectivity index (χ1) is 9.01. The number of hydrogen-bond donors (Lipinski definition) is 0. The van der Waals surface area contributed by atoms with Gasteiger partial charge in [-0.1, -0.05) is 35.3 Å². The second-order valence-corrected chi connectivity index (χ2v) is 5.72. The molecule has 0 radical (unpaired) electrons. The Labute approximate surface area is 122 Å². The summed E-state index contributed by atoms with van der Waals surface area (Å²) in [4.78, 5) is 25.8. The summed E-state index contributed by atoms with van der Waals surface area (Å²) in [5.41, 5.74) is 3.51. The van der Waals surface area contributed by atoms with Crippen molar-refractivity contribution in [3.05, 3.63) is 28.8 Å². The van der Waals surface area contributed by atoms with Crippen LogP contribution in [-0.2, 0) is 4.79 Å². The number of rotatable bonds is 4. The van der Waals surface area contributed by atoms with E-state index in [2.05, 4.69) is 22.9 Å². The summed E-state index contributed by atoms with van der Waals surface area (Å²) in [6.45, 7) is 6.67. The number of carbonyl (C=O) groups excluding carboxylic acids is 2. The molecule has 0 aromatic heterocycles. The van der Waals surface area contributed by atoms with Crippen molar-refractivity contribution in [1.29, 1.82) is 0 Å². The Hall–Kier alpha value is -1.16. The molecule has 1 aliphatic heterocycles. The predicted octanol–water partition coefficient (Wildman–Crippen LogP) is 3.25. The molecule has 1 atom stereocenters. The van der Waals surface area contributed by atoms with Crippen LogP contribution in [0.15, 0.2) is 12.1 Å². The van der Waals surface area contributed by atoms with Gasteiger partial charge >= 0.3 is 0 Å². The van der Waals surface area contributed by atoms with E-state index in [4.69, 9.17) is 0 Å². The summed E-state index contributed by atoms with van der Waals surface area (Å²) < 4.78 is 0. The van der Waals surface area contributed by atoms with Crippen molar-refractivity contribution in [3.8, 4) is 0 Å². The summed E-state index contributed by atoms with van der Waals surface area (Å²) >= 11 is 3.47. The van der Waals surface area contributed by atoms with Gasteiger partial charge in [-0.2, -0.15) is 0 Å². The number of Topliss-reactive ketones (excluding diaryl/α,β-unsaturated/α-hetero) is 1. The Balaban J connectivity index is 2.45. The molecule has 0 aliphatic carbocycles. The number of aryl methyl sites for hydroxylation is 1. The Morgan fingerprint density at radius 2 is 1.95 bits per heavy atom. The lowest BCUT2D eigenvalue weighted by atomic mass is 10.0. The average Bonchev–Trinajstić information content (AvgIpc) is 2.65. The van der Waals surface area contributed by atoms with Crippen molar-refractivity contribution in [1.82, 2.24) is 0 Å². The minimum absolute atomic E-state index is 0.364. The highest BCUT2D eigenvalue weighted by molar-refractivity contribution is 9.09. The summed E-state index contributed by atoms with van der Waals surface area (Å²) in [6.07, 6.45) is 0.976. The van der Waals surface area contributed by atoms with E-state index in [1.165, 1.54) is 0 Å². The van der Waals surface area contributed by atoms with E-state index in [9.17, 15) is 9.59 Å². The molecular formula is C15H18BrNO2. The molecule has 1 aliphatic rings. The average molecular weight is 324 g/mol. The number of halogens is 1. The second kappa shape index (κ2) is 5.45. The third-order valence-corrected chi connectivity index (χ3v) is 4.81. The maximum Gasteiger partial charge on any atom is 0.299 e. The number of ketones is 1. The zero-order valence-corrected chi connectivity index (χ0v) is 13.1. The number of benzene rings is 1. The summed E-state index contributed by atoms with van der Waals surface area (Å²) in [5, 5.41) is 0.835. The maximum atomic E-state index is 12.2. The van der Waals surface area contributed by atoms with Crippen molar-refractivity contribution < 1.29 is 9.59 Å². The number of amides is 1. The Bertz CT molecular complexity index is 535. The molecule has 0 fully saturated rings. The van der Waals surface area contributed by atoms with E-state index in [0.29, 0.717) is 18.0 Å².